The summed E-state index contributed by atoms with van der Waals surface area (Å²) in [5.41, 5.74) is 5.73. The molecule has 2 aromatic heterocycles. The number of benzene rings is 4. The Balaban J connectivity index is 1.07. The molecule has 4 aromatic carbocycles. The van der Waals surface area contributed by atoms with Gasteiger partial charge < -0.3 is 25.0 Å². The first-order valence-electron chi connectivity index (χ1n) is 14.8. The highest BCUT2D eigenvalue weighted by atomic mass is 35.5. The molecule has 0 amide bonds. The molecule has 0 aliphatic rings. The molecule has 6 rings (SSSR count). The third kappa shape index (κ3) is 6.41. The summed E-state index contributed by atoms with van der Waals surface area (Å²) < 4.78 is 11.0. The molecule has 226 valence electrons. The maximum Gasteiger partial charge on any atom is 0.227 e. The number of halogens is 2. The van der Waals surface area contributed by atoms with Gasteiger partial charge in [0, 0.05) is 51.8 Å². The molecule has 0 aliphatic heterocycles. The summed E-state index contributed by atoms with van der Waals surface area (Å²) in [7, 11) is 5.55. The lowest BCUT2D eigenvalue weighted by Gasteiger charge is -2.19. The molecule has 44 heavy (non-hydrogen) atoms. The molecule has 0 fully saturated rings. The fourth-order valence-corrected chi connectivity index (χ4v) is 6.02. The first-order chi connectivity index (χ1) is 21.4. The van der Waals surface area contributed by atoms with Gasteiger partial charge in [0.1, 0.15) is 11.5 Å². The minimum Gasteiger partial charge on any atom is -0.497 e. The van der Waals surface area contributed by atoms with Crippen molar-refractivity contribution < 1.29 is 21.1 Å². The lowest BCUT2D eigenvalue weighted by molar-refractivity contribution is -0.288. The molecule has 0 saturated carbocycles. The standard InChI is InChI=1S/C35H36Cl2N5O2/c1-42(16-4-14-38-34-26-10-6-22(36)18-32(26)40-30-12-8-24(43-2)20-28(30)34)17-5-15-39-35-27-11-7-23(37)19-33(27)41-31-13-9-25(44-3)21-29(31)35/h6-13,18-21,36H,4-5,14-17H2,1-3H3,(H,38,40)(H,39,41)/q+1. The van der Waals surface area contributed by atoms with Gasteiger partial charge in [-0.1, -0.05) is 11.6 Å². The largest absolute Gasteiger partial charge is 0.497 e. The summed E-state index contributed by atoms with van der Waals surface area (Å²) in [6, 6.07) is 23.8. The van der Waals surface area contributed by atoms with Crippen LogP contribution >= 0.6 is 11.6 Å². The van der Waals surface area contributed by atoms with E-state index in [0.29, 0.717) is 5.02 Å². The van der Waals surface area contributed by atoms with Crippen LogP contribution in [0, 0.1) is 11.6 Å². The highest BCUT2D eigenvalue weighted by Crippen LogP contribution is 2.35. The second-order valence-electron chi connectivity index (χ2n) is 10.9. The molecule has 2 heterocycles. The van der Waals surface area contributed by atoms with E-state index in [1.54, 1.807) is 14.2 Å². The van der Waals surface area contributed by atoms with Gasteiger partial charge in [0.25, 0.3) is 0 Å². The lowest BCUT2D eigenvalue weighted by atomic mass is 10.1. The summed E-state index contributed by atoms with van der Waals surface area (Å²) in [5.74, 6) is 1.62. The van der Waals surface area contributed by atoms with Crippen molar-refractivity contribution in [2.75, 3.05) is 58.1 Å². The summed E-state index contributed by atoms with van der Waals surface area (Å²) in [6.07, 6.45) is 1.99. The average molecular weight is 630 g/mol. The number of methoxy groups -OCH3 is 2. The van der Waals surface area contributed by atoms with Gasteiger partial charge >= 0.3 is 0 Å². The number of nitrogens with zero attached hydrogens (tertiary/aromatic N) is 3. The van der Waals surface area contributed by atoms with Crippen molar-refractivity contribution in [2.24, 2.45) is 0 Å². The zero-order valence-electron chi connectivity index (χ0n) is 25.1. The van der Waals surface area contributed by atoms with Crippen molar-refractivity contribution in [3.8, 4) is 11.5 Å². The number of hydrogen-bond acceptors (Lipinski definition) is 7. The van der Waals surface area contributed by atoms with E-state index < -0.39 is 0 Å². The topological polar surface area (TPSA) is 71.5 Å². The SMILES string of the molecule is COc1ccc2nc3cc(Cl)ccc3c(NCCCN(C)CCCNc3c4ccc([ClH+])cc4nc4ccc(OC)cc34)c2c1. The lowest BCUT2D eigenvalue weighted by Crippen LogP contribution is -2.24. The molecular formula is C35H36Cl2N5O2+. The third-order valence-corrected chi connectivity index (χ3v) is 8.42. The highest BCUT2D eigenvalue weighted by molar-refractivity contribution is 6.31. The van der Waals surface area contributed by atoms with E-state index >= 15 is 0 Å². The Bertz CT molecular complexity index is 1830. The number of ether oxygens (including phenoxy) is 2. The Morgan fingerprint density at radius 3 is 1.73 bits per heavy atom. The van der Waals surface area contributed by atoms with E-state index in [9.17, 15) is 0 Å². The van der Waals surface area contributed by atoms with E-state index in [-0.39, 0.29) is 0 Å². The number of hydrogen-bond donors (Lipinski definition) is 2. The molecule has 7 nitrogen and oxygen atoms in total. The molecule has 9 heteroatoms. The summed E-state index contributed by atoms with van der Waals surface area (Å²) >= 11 is 11.7. The minimum absolute atomic E-state index is 0.676. The van der Waals surface area contributed by atoms with Gasteiger partial charge in [0.2, 0.25) is 5.02 Å². The number of rotatable bonds is 12. The molecule has 0 unspecified atom stereocenters. The van der Waals surface area contributed by atoms with Crippen molar-refractivity contribution in [3.05, 3.63) is 82.8 Å². The molecule has 6 aromatic rings. The van der Waals surface area contributed by atoms with Gasteiger partial charge in [-0.25, -0.2) is 9.97 Å². The van der Waals surface area contributed by atoms with Gasteiger partial charge in [-0.15, -0.1) is 0 Å². The van der Waals surface area contributed by atoms with Crippen molar-refractivity contribution in [1.29, 1.82) is 0 Å². The predicted octanol–water partition coefficient (Wildman–Crippen LogP) is 7.69. The molecule has 0 aliphatic carbocycles. The summed E-state index contributed by atoms with van der Waals surface area (Å²) in [5, 5.41) is 13.1. The van der Waals surface area contributed by atoms with Gasteiger partial charge in [-0.2, -0.15) is 0 Å². The van der Waals surface area contributed by atoms with Gasteiger partial charge in [0.15, 0.2) is 11.6 Å². The average Bonchev–Trinajstić information content (AvgIpc) is 3.03. The fourth-order valence-electron chi connectivity index (χ4n) is 5.67. The van der Waals surface area contributed by atoms with Gasteiger partial charge in [-0.05, 0) is 93.6 Å². The first-order valence-corrected chi connectivity index (χ1v) is 15.5. The Kier molecular flexibility index (Phi) is 9.07. The highest BCUT2D eigenvalue weighted by Gasteiger charge is 2.13. The molecule has 0 spiro atoms. The van der Waals surface area contributed by atoms with Crippen LogP contribution in [0.2, 0.25) is 10.0 Å². The Morgan fingerprint density at radius 2 is 1.18 bits per heavy atom. The second-order valence-corrected chi connectivity index (χ2v) is 11.9. The maximum atomic E-state index is 6.29. The summed E-state index contributed by atoms with van der Waals surface area (Å²) in [4.78, 5) is 12.1. The summed E-state index contributed by atoms with van der Waals surface area (Å²) in [6.45, 7) is 3.62. The van der Waals surface area contributed by atoms with Crippen LogP contribution in [0.25, 0.3) is 43.6 Å². The van der Waals surface area contributed by atoms with E-state index in [1.165, 1.54) is 0 Å². The number of aromatic nitrogens is 2. The molecule has 2 N–H and O–H groups in total. The quantitative estimate of drug-likeness (QED) is 0.106. The van der Waals surface area contributed by atoms with Gasteiger partial charge in [0.05, 0.1) is 47.7 Å². The number of anilines is 2. The van der Waals surface area contributed by atoms with Crippen LogP contribution in [-0.2, 0) is 0 Å². The van der Waals surface area contributed by atoms with Crippen LogP contribution in [0.3, 0.4) is 0 Å². The van der Waals surface area contributed by atoms with Crippen LogP contribution in [0.1, 0.15) is 12.8 Å². The van der Waals surface area contributed by atoms with Crippen molar-refractivity contribution in [1.82, 2.24) is 14.9 Å². The number of pyridine rings is 2. The fraction of sp³-hybridized carbons (Fsp3) is 0.257. The van der Waals surface area contributed by atoms with E-state index in [0.717, 1.165) is 111 Å². The van der Waals surface area contributed by atoms with Crippen LogP contribution in [0.15, 0.2) is 72.8 Å². The second kappa shape index (κ2) is 13.3. The zero-order chi connectivity index (χ0) is 30.6. The molecule has 0 atom stereocenters. The van der Waals surface area contributed by atoms with Crippen LogP contribution in [0.4, 0.5) is 11.4 Å². The van der Waals surface area contributed by atoms with Crippen molar-refractivity contribution in [2.45, 2.75) is 12.8 Å². The Hall–Kier alpha value is -4.04. The first kappa shape index (κ1) is 30.0. The van der Waals surface area contributed by atoms with Gasteiger partial charge in [-0.3, -0.25) is 0 Å². The third-order valence-electron chi connectivity index (χ3n) is 7.93. The normalized spacial score (nSPS) is 11.6. The monoisotopic (exact) mass is 628 g/mol. The maximum absolute atomic E-state index is 6.29. The predicted molar refractivity (Wildman–Crippen MR) is 181 cm³/mol. The van der Waals surface area contributed by atoms with Crippen LogP contribution in [0.5, 0.6) is 11.5 Å². The zero-order valence-corrected chi connectivity index (χ0v) is 26.7. The molecule has 0 bridgehead atoms. The van der Waals surface area contributed by atoms with E-state index in [4.69, 9.17) is 42.6 Å². The molecule has 0 saturated heterocycles. The minimum atomic E-state index is 0.676. The molecule has 0 radical (unpaired) electrons. The molecular weight excluding hydrogens is 593 g/mol. The smallest absolute Gasteiger partial charge is 0.227 e. The van der Waals surface area contributed by atoms with Crippen LogP contribution < -0.4 is 20.1 Å². The number of nitrogens with one attached hydrogen (secondary N) is 2. The number of fused-ring (bicyclic) bond motifs is 4. The van der Waals surface area contributed by atoms with Crippen molar-refractivity contribution in [3.63, 3.8) is 0 Å². The Labute approximate surface area is 267 Å². The Morgan fingerprint density at radius 1 is 0.659 bits per heavy atom. The van der Waals surface area contributed by atoms with Crippen LogP contribution in [-0.4, -0.2) is 62.3 Å². The van der Waals surface area contributed by atoms with E-state index in [2.05, 4.69) is 28.6 Å². The van der Waals surface area contributed by atoms with Crippen molar-refractivity contribution >= 4 is 66.6 Å². The van der Waals surface area contributed by atoms with E-state index in [1.807, 2.05) is 66.7 Å².